The van der Waals surface area contributed by atoms with Crippen LogP contribution in [0, 0.1) is 0 Å². The first-order chi connectivity index (χ1) is 4.70. The lowest BCUT2D eigenvalue weighted by molar-refractivity contribution is -0.125. The zero-order valence-corrected chi connectivity index (χ0v) is 6.30. The van der Waals surface area contributed by atoms with Crippen LogP contribution in [0.4, 0.5) is 0 Å². The molecule has 4 heteroatoms. The second-order valence-electron chi connectivity index (χ2n) is 1.93. The lowest BCUT2D eigenvalue weighted by atomic mass is 10.5. The molecule has 10 heavy (non-hydrogen) atoms. The molecule has 1 aliphatic rings. The Morgan fingerprint density at radius 1 is 1.90 bits per heavy atom. The number of carbonyl (C=O) groups is 1. The summed E-state index contributed by atoms with van der Waals surface area (Å²) in [5.41, 5.74) is 0. The average molecular weight is 159 g/mol. The fourth-order valence-corrected chi connectivity index (χ4v) is 0.837. The highest BCUT2D eigenvalue weighted by Crippen LogP contribution is 2.08. The molecule has 0 aromatic rings. The molecule has 0 saturated heterocycles. The van der Waals surface area contributed by atoms with Gasteiger partial charge in [0.1, 0.15) is 5.16 Å². The molecule has 1 amide bonds. The van der Waals surface area contributed by atoms with Crippen LogP contribution < -0.4 is 0 Å². The Bertz CT molecular complexity index is 210. The van der Waals surface area contributed by atoms with Crippen molar-refractivity contribution in [1.29, 1.82) is 0 Å². The predicted octanol–water partition coefficient (Wildman–Crippen LogP) is 0.957. The van der Waals surface area contributed by atoms with E-state index in [-0.39, 0.29) is 5.91 Å². The van der Waals surface area contributed by atoms with Crippen LogP contribution in [-0.4, -0.2) is 23.6 Å². The van der Waals surface area contributed by atoms with Gasteiger partial charge in [-0.15, -0.1) is 0 Å². The normalized spacial score (nSPS) is 17.0. The lowest BCUT2D eigenvalue weighted by Gasteiger charge is -2.15. The topological polar surface area (TPSA) is 32.7 Å². The number of hydrogen-bond donors (Lipinski definition) is 0. The summed E-state index contributed by atoms with van der Waals surface area (Å²) in [5, 5.41) is 0.349. The van der Waals surface area contributed by atoms with Crippen molar-refractivity contribution >= 4 is 23.7 Å². The first-order valence-corrected chi connectivity index (χ1v) is 3.25. The Hall–Kier alpha value is -0.830. The highest BCUT2D eigenvalue weighted by molar-refractivity contribution is 6.30. The van der Waals surface area contributed by atoms with Crippen LogP contribution in [0.15, 0.2) is 16.3 Å². The predicted molar refractivity (Wildman–Crippen MR) is 39.8 cm³/mol. The van der Waals surface area contributed by atoms with E-state index in [9.17, 15) is 4.79 Å². The van der Waals surface area contributed by atoms with Gasteiger partial charge in [0.25, 0.3) is 0 Å². The third kappa shape index (κ3) is 1.57. The smallest absolute Gasteiger partial charge is 0.223 e. The van der Waals surface area contributed by atoms with E-state index in [1.54, 1.807) is 6.21 Å². The minimum Gasteiger partial charge on any atom is -0.311 e. The number of amides is 1. The molecule has 0 fully saturated rings. The first-order valence-electron chi connectivity index (χ1n) is 2.87. The van der Waals surface area contributed by atoms with Gasteiger partial charge in [-0.05, 0) is 0 Å². The molecule has 1 aliphatic heterocycles. The minimum absolute atomic E-state index is 0.0238. The Morgan fingerprint density at radius 3 is 3.00 bits per heavy atom. The van der Waals surface area contributed by atoms with Crippen LogP contribution in [0.25, 0.3) is 0 Å². The summed E-state index contributed by atoms with van der Waals surface area (Å²) < 4.78 is 0. The summed E-state index contributed by atoms with van der Waals surface area (Å²) >= 11 is 5.52. The second-order valence-corrected chi connectivity index (χ2v) is 2.32. The minimum atomic E-state index is -0.0238. The van der Waals surface area contributed by atoms with E-state index in [0.29, 0.717) is 11.7 Å². The van der Waals surface area contributed by atoms with Crippen molar-refractivity contribution in [3.05, 3.63) is 11.4 Å². The number of nitrogens with zero attached hydrogens (tertiary/aromatic N) is 2. The van der Waals surface area contributed by atoms with Crippen LogP contribution >= 0.6 is 11.6 Å². The van der Waals surface area contributed by atoms with E-state index in [2.05, 4.69) is 4.99 Å². The summed E-state index contributed by atoms with van der Waals surface area (Å²) in [7, 11) is 0. The standard InChI is InChI=1S/C6H7ClN2O/c1-5(10)9-3-2-8-6(7)4-9/h2,4H,3H2,1H3. The third-order valence-corrected chi connectivity index (χ3v) is 1.35. The third-order valence-electron chi connectivity index (χ3n) is 1.16. The Morgan fingerprint density at radius 2 is 2.60 bits per heavy atom. The van der Waals surface area contributed by atoms with Crippen molar-refractivity contribution in [2.45, 2.75) is 6.92 Å². The van der Waals surface area contributed by atoms with Crippen molar-refractivity contribution in [3.63, 3.8) is 0 Å². The zero-order chi connectivity index (χ0) is 7.56. The van der Waals surface area contributed by atoms with Gasteiger partial charge in [0.05, 0.1) is 6.54 Å². The van der Waals surface area contributed by atoms with Gasteiger partial charge in [-0.3, -0.25) is 4.79 Å². The van der Waals surface area contributed by atoms with E-state index >= 15 is 0 Å². The fourth-order valence-electron chi connectivity index (χ4n) is 0.650. The molecule has 0 radical (unpaired) electrons. The van der Waals surface area contributed by atoms with Crippen LogP contribution in [0.5, 0.6) is 0 Å². The lowest BCUT2D eigenvalue weighted by Crippen LogP contribution is -2.26. The van der Waals surface area contributed by atoms with E-state index in [1.807, 2.05) is 0 Å². The van der Waals surface area contributed by atoms with Gasteiger partial charge in [0.15, 0.2) is 0 Å². The summed E-state index contributed by atoms with van der Waals surface area (Å²) in [6, 6.07) is 0. The van der Waals surface area contributed by atoms with Crippen molar-refractivity contribution in [3.8, 4) is 0 Å². The SMILES string of the molecule is CC(=O)N1C=C(Cl)N=CC1. The van der Waals surface area contributed by atoms with Gasteiger partial charge in [-0.1, -0.05) is 11.6 Å². The van der Waals surface area contributed by atoms with Crippen LogP contribution in [0.2, 0.25) is 0 Å². The van der Waals surface area contributed by atoms with Gasteiger partial charge in [-0.25, -0.2) is 4.99 Å². The quantitative estimate of drug-likeness (QED) is 0.484. The van der Waals surface area contributed by atoms with Gasteiger partial charge >= 0.3 is 0 Å². The monoisotopic (exact) mass is 158 g/mol. The highest BCUT2D eigenvalue weighted by atomic mass is 35.5. The van der Waals surface area contributed by atoms with E-state index in [4.69, 9.17) is 11.6 Å². The van der Waals surface area contributed by atoms with E-state index in [0.717, 1.165) is 0 Å². The molecule has 0 saturated carbocycles. The Balaban J connectivity index is 2.69. The molecular formula is C6H7ClN2O. The largest absolute Gasteiger partial charge is 0.311 e. The molecule has 0 spiro atoms. The molecule has 0 atom stereocenters. The number of rotatable bonds is 0. The van der Waals surface area contributed by atoms with Crippen molar-refractivity contribution in [1.82, 2.24) is 4.90 Å². The number of carbonyl (C=O) groups excluding carboxylic acids is 1. The number of halogens is 1. The first kappa shape index (κ1) is 7.28. The molecule has 0 N–H and O–H groups in total. The van der Waals surface area contributed by atoms with E-state index in [1.165, 1.54) is 18.0 Å². The Labute approximate surface area is 64.0 Å². The summed E-state index contributed by atoms with van der Waals surface area (Å²) in [6.45, 7) is 2.01. The maximum absolute atomic E-state index is 10.7. The van der Waals surface area contributed by atoms with Crippen molar-refractivity contribution in [2.75, 3.05) is 6.54 Å². The molecule has 1 rings (SSSR count). The molecule has 54 valence electrons. The molecule has 0 aromatic carbocycles. The van der Waals surface area contributed by atoms with Crippen molar-refractivity contribution < 1.29 is 4.79 Å². The molecule has 0 aromatic heterocycles. The summed E-state index contributed by atoms with van der Waals surface area (Å²) in [5.74, 6) is -0.0238. The van der Waals surface area contributed by atoms with Crippen molar-refractivity contribution in [2.24, 2.45) is 4.99 Å². The molecular weight excluding hydrogens is 152 g/mol. The van der Waals surface area contributed by atoms with E-state index < -0.39 is 0 Å². The summed E-state index contributed by atoms with van der Waals surface area (Å²) in [6.07, 6.45) is 3.12. The van der Waals surface area contributed by atoms with Gasteiger partial charge in [0, 0.05) is 19.3 Å². The number of hydrogen-bond acceptors (Lipinski definition) is 2. The van der Waals surface area contributed by atoms with Crippen LogP contribution in [0.1, 0.15) is 6.92 Å². The van der Waals surface area contributed by atoms with Gasteiger partial charge in [0.2, 0.25) is 5.91 Å². The maximum Gasteiger partial charge on any atom is 0.223 e. The van der Waals surface area contributed by atoms with Crippen LogP contribution in [0.3, 0.4) is 0 Å². The molecule has 0 unspecified atom stereocenters. The molecule has 1 heterocycles. The molecule has 3 nitrogen and oxygen atoms in total. The molecule has 0 bridgehead atoms. The molecule has 0 aliphatic carbocycles. The second kappa shape index (κ2) is 2.84. The fraction of sp³-hybridized carbons (Fsp3) is 0.333. The summed E-state index contributed by atoms with van der Waals surface area (Å²) in [4.78, 5) is 16.0. The highest BCUT2D eigenvalue weighted by Gasteiger charge is 2.07. The average Bonchev–Trinajstić information content (AvgIpc) is 1.88. The zero-order valence-electron chi connectivity index (χ0n) is 5.54. The Kier molecular flexibility index (Phi) is 2.06. The number of aliphatic imine (C=N–C) groups is 1. The van der Waals surface area contributed by atoms with Crippen LogP contribution in [-0.2, 0) is 4.79 Å². The van der Waals surface area contributed by atoms with Gasteiger partial charge < -0.3 is 4.90 Å². The van der Waals surface area contributed by atoms with Gasteiger partial charge in [-0.2, -0.15) is 0 Å². The maximum atomic E-state index is 10.7.